The zero-order valence-electron chi connectivity index (χ0n) is 16.9. The number of benzene rings is 2. The maximum atomic E-state index is 13.3. The number of carbonyl (C=O) groups excluding carboxylic acids is 1. The Morgan fingerprint density at radius 1 is 1.21 bits per heavy atom. The van der Waals surface area contributed by atoms with E-state index in [2.05, 4.69) is 5.32 Å². The van der Waals surface area contributed by atoms with Crippen molar-refractivity contribution in [1.82, 2.24) is 14.9 Å². The van der Waals surface area contributed by atoms with Gasteiger partial charge in [0.1, 0.15) is 0 Å². The molecule has 2 aromatic carbocycles. The first-order chi connectivity index (χ1) is 14.0. The Morgan fingerprint density at radius 2 is 2.00 bits per heavy atom. The second-order valence-electron chi connectivity index (χ2n) is 6.83. The van der Waals surface area contributed by atoms with Gasteiger partial charge in [0, 0.05) is 20.3 Å². The topological polar surface area (TPSA) is 73.2 Å². The zero-order chi connectivity index (χ0) is 20.8. The number of hydrogen-bond donors (Lipinski definition) is 1. The molecule has 0 unspecified atom stereocenters. The summed E-state index contributed by atoms with van der Waals surface area (Å²) in [6.07, 6.45) is 0.758. The largest absolute Gasteiger partial charge is 0.385 e. The number of nitrogens with zero attached hydrogens (tertiary/aromatic N) is 2. The Bertz CT molecular complexity index is 1080. The van der Waals surface area contributed by atoms with E-state index in [9.17, 15) is 9.59 Å². The number of amides is 1. The van der Waals surface area contributed by atoms with E-state index in [1.54, 1.807) is 17.7 Å². The smallest absolute Gasteiger partial charge is 0.266 e. The molecule has 1 heterocycles. The standard InChI is InChI=1S/C22H25N3O3S/c1-15-9-10-16(2)19(13-15)25-21(27)17-7-4-5-8-18(17)24-22(25)29-14-20(26)23-11-6-12-28-3/h4-5,7-10,13H,6,11-12,14H2,1-3H3,(H,23,26). The summed E-state index contributed by atoms with van der Waals surface area (Å²) in [6.45, 7) is 5.12. The molecule has 0 atom stereocenters. The monoisotopic (exact) mass is 411 g/mol. The van der Waals surface area contributed by atoms with Crippen LogP contribution in [-0.2, 0) is 9.53 Å². The molecule has 6 nitrogen and oxygen atoms in total. The number of aryl methyl sites for hydroxylation is 2. The summed E-state index contributed by atoms with van der Waals surface area (Å²) >= 11 is 1.27. The van der Waals surface area contributed by atoms with Gasteiger partial charge in [0.15, 0.2) is 5.16 Å². The zero-order valence-corrected chi connectivity index (χ0v) is 17.7. The van der Waals surface area contributed by atoms with E-state index >= 15 is 0 Å². The minimum Gasteiger partial charge on any atom is -0.385 e. The van der Waals surface area contributed by atoms with E-state index in [1.165, 1.54) is 11.8 Å². The van der Waals surface area contributed by atoms with Crippen molar-refractivity contribution in [2.45, 2.75) is 25.4 Å². The van der Waals surface area contributed by atoms with Gasteiger partial charge in [-0.05, 0) is 49.6 Å². The highest BCUT2D eigenvalue weighted by molar-refractivity contribution is 7.99. The lowest BCUT2D eigenvalue weighted by Gasteiger charge is -2.15. The second-order valence-corrected chi connectivity index (χ2v) is 7.77. The number of ether oxygens (including phenoxy) is 1. The van der Waals surface area contributed by atoms with Crippen LogP contribution in [0.2, 0.25) is 0 Å². The van der Waals surface area contributed by atoms with Crippen LogP contribution in [0.3, 0.4) is 0 Å². The van der Waals surface area contributed by atoms with Crippen LogP contribution in [0.1, 0.15) is 17.5 Å². The van der Waals surface area contributed by atoms with Gasteiger partial charge in [0.05, 0.1) is 22.3 Å². The highest BCUT2D eigenvalue weighted by Crippen LogP contribution is 2.23. The van der Waals surface area contributed by atoms with Crippen molar-refractivity contribution < 1.29 is 9.53 Å². The quantitative estimate of drug-likeness (QED) is 0.350. The van der Waals surface area contributed by atoms with E-state index in [-0.39, 0.29) is 17.2 Å². The number of thioether (sulfide) groups is 1. The van der Waals surface area contributed by atoms with Crippen molar-refractivity contribution in [3.05, 3.63) is 63.9 Å². The fraction of sp³-hybridized carbons (Fsp3) is 0.318. The molecule has 3 aromatic rings. The van der Waals surface area contributed by atoms with Crippen molar-refractivity contribution in [2.75, 3.05) is 26.0 Å². The third-order valence-electron chi connectivity index (χ3n) is 4.53. The molecule has 1 N–H and O–H groups in total. The van der Waals surface area contributed by atoms with Gasteiger partial charge in [0.2, 0.25) is 5.91 Å². The molecule has 0 spiro atoms. The van der Waals surface area contributed by atoms with Gasteiger partial charge < -0.3 is 10.1 Å². The van der Waals surface area contributed by atoms with E-state index < -0.39 is 0 Å². The summed E-state index contributed by atoms with van der Waals surface area (Å²) in [5, 5.41) is 3.93. The first-order valence-corrected chi connectivity index (χ1v) is 10.5. The first-order valence-electron chi connectivity index (χ1n) is 9.49. The Morgan fingerprint density at radius 3 is 2.79 bits per heavy atom. The number of fused-ring (bicyclic) bond motifs is 1. The number of rotatable bonds is 8. The van der Waals surface area contributed by atoms with Crippen LogP contribution in [0.4, 0.5) is 0 Å². The summed E-state index contributed by atoms with van der Waals surface area (Å²) in [5.74, 6) is 0.0869. The van der Waals surface area contributed by atoms with E-state index in [1.807, 2.05) is 50.2 Å². The van der Waals surface area contributed by atoms with Crippen LogP contribution in [-0.4, -0.2) is 41.5 Å². The fourth-order valence-corrected chi connectivity index (χ4v) is 3.84. The lowest BCUT2D eigenvalue weighted by Crippen LogP contribution is -2.28. The minimum atomic E-state index is -0.132. The molecule has 152 valence electrons. The number of aromatic nitrogens is 2. The Balaban J connectivity index is 1.96. The van der Waals surface area contributed by atoms with Crippen molar-refractivity contribution in [1.29, 1.82) is 0 Å². The third kappa shape index (κ3) is 5.05. The Hall–Kier alpha value is -2.64. The molecule has 29 heavy (non-hydrogen) atoms. The van der Waals surface area contributed by atoms with Crippen molar-refractivity contribution in [2.24, 2.45) is 0 Å². The van der Waals surface area contributed by atoms with E-state index in [0.29, 0.717) is 29.2 Å². The van der Waals surface area contributed by atoms with E-state index in [0.717, 1.165) is 23.2 Å². The number of para-hydroxylation sites is 1. The average molecular weight is 412 g/mol. The second kappa shape index (κ2) is 9.71. The number of methoxy groups -OCH3 is 1. The number of nitrogens with one attached hydrogen (secondary N) is 1. The fourth-order valence-electron chi connectivity index (χ4n) is 3.01. The summed E-state index contributed by atoms with van der Waals surface area (Å²) in [6, 6.07) is 13.3. The summed E-state index contributed by atoms with van der Waals surface area (Å²) in [7, 11) is 1.63. The summed E-state index contributed by atoms with van der Waals surface area (Å²) < 4.78 is 6.61. The van der Waals surface area contributed by atoms with Crippen molar-refractivity contribution in [3.8, 4) is 5.69 Å². The molecule has 1 amide bonds. The van der Waals surface area contributed by atoms with Gasteiger partial charge in [-0.15, -0.1) is 0 Å². The highest BCUT2D eigenvalue weighted by Gasteiger charge is 2.16. The molecule has 3 rings (SSSR count). The van der Waals surface area contributed by atoms with Crippen LogP contribution in [0.25, 0.3) is 16.6 Å². The Labute approximate surface area is 174 Å². The Kier molecular flexibility index (Phi) is 7.06. The van der Waals surface area contributed by atoms with Crippen molar-refractivity contribution in [3.63, 3.8) is 0 Å². The molecular formula is C22H25N3O3S. The van der Waals surface area contributed by atoms with Gasteiger partial charge in [-0.25, -0.2) is 4.98 Å². The average Bonchev–Trinajstić information content (AvgIpc) is 2.72. The highest BCUT2D eigenvalue weighted by atomic mass is 32.2. The van der Waals surface area contributed by atoms with Gasteiger partial charge in [-0.1, -0.05) is 36.0 Å². The lowest BCUT2D eigenvalue weighted by atomic mass is 10.1. The lowest BCUT2D eigenvalue weighted by molar-refractivity contribution is -0.118. The van der Waals surface area contributed by atoms with Gasteiger partial charge in [-0.3, -0.25) is 14.2 Å². The predicted molar refractivity (Wildman–Crippen MR) is 117 cm³/mol. The molecule has 0 aliphatic heterocycles. The van der Waals surface area contributed by atoms with Crippen LogP contribution in [0.15, 0.2) is 52.4 Å². The van der Waals surface area contributed by atoms with Gasteiger partial charge >= 0.3 is 0 Å². The molecular weight excluding hydrogens is 386 g/mol. The van der Waals surface area contributed by atoms with Crippen LogP contribution in [0.5, 0.6) is 0 Å². The van der Waals surface area contributed by atoms with Gasteiger partial charge in [-0.2, -0.15) is 0 Å². The maximum Gasteiger partial charge on any atom is 0.266 e. The number of hydrogen-bond acceptors (Lipinski definition) is 5. The maximum absolute atomic E-state index is 13.3. The molecule has 0 bridgehead atoms. The first kappa shape index (κ1) is 21.1. The van der Waals surface area contributed by atoms with Crippen LogP contribution >= 0.6 is 11.8 Å². The number of carbonyl (C=O) groups is 1. The predicted octanol–water partition coefficient (Wildman–Crippen LogP) is 3.25. The summed E-state index contributed by atoms with van der Waals surface area (Å²) in [5.41, 5.74) is 3.31. The molecule has 0 aliphatic rings. The molecule has 0 saturated carbocycles. The summed E-state index contributed by atoms with van der Waals surface area (Å²) in [4.78, 5) is 30.2. The minimum absolute atomic E-state index is 0.0963. The van der Waals surface area contributed by atoms with Crippen molar-refractivity contribution >= 4 is 28.6 Å². The molecule has 0 saturated heterocycles. The van der Waals surface area contributed by atoms with Gasteiger partial charge in [0.25, 0.3) is 5.56 Å². The molecule has 0 aliphatic carbocycles. The SMILES string of the molecule is COCCCNC(=O)CSc1nc2ccccc2c(=O)n1-c1cc(C)ccc1C. The van der Waals surface area contributed by atoms with Crippen LogP contribution in [0, 0.1) is 13.8 Å². The normalized spacial score (nSPS) is 11.0. The van der Waals surface area contributed by atoms with Crippen LogP contribution < -0.4 is 10.9 Å². The van der Waals surface area contributed by atoms with E-state index in [4.69, 9.17) is 9.72 Å². The molecule has 7 heteroatoms. The molecule has 0 radical (unpaired) electrons. The molecule has 0 fully saturated rings. The molecule has 1 aromatic heterocycles. The third-order valence-corrected chi connectivity index (χ3v) is 5.47.